The third-order valence-electron chi connectivity index (χ3n) is 6.73. The Hall–Kier alpha value is -2.77. The lowest BCUT2D eigenvalue weighted by Crippen LogP contribution is -2.41. The minimum atomic E-state index is -2.95. The van der Waals surface area contributed by atoms with Crippen molar-refractivity contribution >= 4 is 16.8 Å². The molecule has 1 saturated heterocycles. The molecule has 2 aromatic carbocycles. The number of alkyl halides is 2. The number of hydrogen-bond acceptors (Lipinski definition) is 3. The molecule has 0 radical (unpaired) electrons. The van der Waals surface area contributed by atoms with Gasteiger partial charge < -0.3 is 19.3 Å². The van der Waals surface area contributed by atoms with Crippen LogP contribution in [-0.4, -0.2) is 46.8 Å². The van der Waals surface area contributed by atoms with Crippen molar-refractivity contribution in [2.45, 2.75) is 39.7 Å². The number of rotatable bonds is 4. The summed E-state index contributed by atoms with van der Waals surface area (Å²) in [5.74, 6) is -3.03. The smallest absolute Gasteiger partial charge is 0.270 e. The summed E-state index contributed by atoms with van der Waals surface area (Å²) < 4.78 is 35.1. The number of amides is 1. The number of nitrogens with zero attached hydrogens (tertiary/aromatic N) is 2. The first-order chi connectivity index (χ1) is 15.5. The van der Waals surface area contributed by atoms with Crippen molar-refractivity contribution in [1.82, 2.24) is 9.47 Å². The molecule has 33 heavy (non-hydrogen) atoms. The molecule has 1 aromatic heterocycles. The van der Waals surface area contributed by atoms with Crippen LogP contribution in [-0.2, 0) is 17.7 Å². The zero-order valence-electron chi connectivity index (χ0n) is 19.7. The van der Waals surface area contributed by atoms with Crippen LogP contribution in [0.5, 0.6) is 0 Å². The Kier molecular flexibility index (Phi) is 6.05. The fourth-order valence-electron chi connectivity index (χ4n) is 4.75. The Morgan fingerprint density at radius 3 is 2.39 bits per heavy atom. The number of aliphatic hydroxyl groups is 1. The number of aryl methyl sites for hydroxylation is 3. The summed E-state index contributed by atoms with van der Waals surface area (Å²) in [6.45, 7) is 8.54. The second-order valence-electron chi connectivity index (χ2n) is 9.02. The van der Waals surface area contributed by atoms with Crippen LogP contribution in [0.2, 0.25) is 0 Å². The van der Waals surface area contributed by atoms with E-state index < -0.39 is 12.0 Å². The van der Waals surface area contributed by atoms with Gasteiger partial charge in [-0.2, -0.15) is 0 Å². The second kappa shape index (κ2) is 8.54. The maximum Gasteiger partial charge on any atom is 0.270 e. The van der Waals surface area contributed by atoms with E-state index >= 15 is 0 Å². The summed E-state index contributed by atoms with van der Waals surface area (Å²) in [5, 5.41) is 12.3. The summed E-state index contributed by atoms with van der Waals surface area (Å²) in [7, 11) is 1.77. The van der Waals surface area contributed by atoms with Gasteiger partial charge in [0.2, 0.25) is 0 Å². The van der Waals surface area contributed by atoms with E-state index in [0.29, 0.717) is 48.6 Å². The molecule has 4 rings (SSSR count). The third-order valence-corrected chi connectivity index (χ3v) is 6.73. The standard InChI is InChI=1S/C26H30F2N2O3/c1-15-6-7-19(25(32)30-8-10-33-11-9-30)17(3)23(15)24(31)22-14-20-16(2)12-18(26(4,27)28)13-21(20)29(22)5/h6-7,12-14,24,31H,8-11H2,1-5H3. The summed E-state index contributed by atoms with van der Waals surface area (Å²) >= 11 is 0. The van der Waals surface area contributed by atoms with Crippen molar-refractivity contribution in [3.05, 3.63) is 69.4 Å². The van der Waals surface area contributed by atoms with E-state index in [4.69, 9.17) is 4.74 Å². The SMILES string of the molecule is Cc1ccc(C(=O)N2CCOCC2)c(C)c1C(O)c1cc2c(C)cc(C(C)(F)F)cc2n1C. The van der Waals surface area contributed by atoms with Crippen molar-refractivity contribution in [2.24, 2.45) is 7.05 Å². The van der Waals surface area contributed by atoms with E-state index in [0.717, 1.165) is 29.0 Å². The highest BCUT2D eigenvalue weighted by molar-refractivity contribution is 5.96. The summed E-state index contributed by atoms with van der Waals surface area (Å²) in [6, 6.07) is 8.48. The Labute approximate surface area is 192 Å². The van der Waals surface area contributed by atoms with Gasteiger partial charge in [0.15, 0.2) is 0 Å². The molecule has 1 fully saturated rings. The molecule has 0 saturated carbocycles. The first-order valence-corrected chi connectivity index (χ1v) is 11.1. The average Bonchev–Trinajstić information content (AvgIpc) is 3.10. The number of hydrogen-bond donors (Lipinski definition) is 1. The van der Waals surface area contributed by atoms with Gasteiger partial charge >= 0.3 is 0 Å². The fraction of sp³-hybridized carbons (Fsp3) is 0.423. The zero-order valence-corrected chi connectivity index (χ0v) is 19.7. The lowest BCUT2D eigenvalue weighted by molar-refractivity contribution is 0.0175. The average molecular weight is 457 g/mol. The minimum absolute atomic E-state index is 0.0554. The van der Waals surface area contributed by atoms with Gasteiger partial charge in [0.1, 0.15) is 6.10 Å². The monoisotopic (exact) mass is 456 g/mol. The lowest BCUT2D eigenvalue weighted by Gasteiger charge is -2.28. The van der Waals surface area contributed by atoms with Crippen LogP contribution in [0.1, 0.15) is 56.9 Å². The fourth-order valence-corrected chi connectivity index (χ4v) is 4.75. The predicted octanol–water partition coefficient (Wildman–Crippen LogP) is 4.77. The molecule has 176 valence electrons. The van der Waals surface area contributed by atoms with E-state index in [1.165, 1.54) is 12.1 Å². The van der Waals surface area contributed by atoms with Gasteiger partial charge in [-0.05, 0) is 67.3 Å². The highest BCUT2D eigenvalue weighted by Gasteiger charge is 2.28. The van der Waals surface area contributed by atoms with Gasteiger partial charge in [-0.3, -0.25) is 4.79 Å². The second-order valence-corrected chi connectivity index (χ2v) is 9.02. The normalized spacial score (nSPS) is 15.8. The maximum atomic E-state index is 14.0. The molecule has 0 spiro atoms. The van der Waals surface area contributed by atoms with Crippen LogP contribution in [0.4, 0.5) is 8.78 Å². The third kappa shape index (κ3) is 4.15. The van der Waals surface area contributed by atoms with Crippen molar-refractivity contribution in [3.8, 4) is 0 Å². The van der Waals surface area contributed by atoms with Gasteiger partial charge in [0.05, 0.1) is 18.9 Å². The van der Waals surface area contributed by atoms with Crippen LogP contribution in [0.3, 0.4) is 0 Å². The molecule has 1 unspecified atom stereocenters. The van der Waals surface area contributed by atoms with Crippen LogP contribution in [0.15, 0.2) is 30.3 Å². The molecule has 3 aromatic rings. The van der Waals surface area contributed by atoms with E-state index in [-0.39, 0.29) is 11.5 Å². The van der Waals surface area contributed by atoms with Crippen LogP contribution >= 0.6 is 0 Å². The Morgan fingerprint density at radius 2 is 1.76 bits per heavy atom. The minimum Gasteiger partial charge on any atom is -0.382 e. The topological polar surface area (TPSA) is 54.7 Å². The number of halogens is 2. The first-order valence-electron chi connectivity index (χ1n) is 11.1. The van der Waals surface area contributed by atoms with E-state index in [1.807, 2.05) is 26.0 Å². The highest BCUT2D eigenvalue weighted by atomic mass is 19.3. The molecule has 0 aliphatic carbocycles. The van der Waals surface area contributed by atoms with Crippen LogP contribution in [0, 0.1) is 20.8 Å². The van der Waals surface area contributed by atoms with Gasteiger partial charge in [-0.25, -0.2) is 8.78 Å². The molecule has 5 nitrogen and oxygen atoms in total. The molecule has 0 bridgehead atoms. The molecule has 1 aliphatic rings. The number of aliphatic hydroxyl groups excluding tert-OH is 1. The lowest BCUT2D eigenvalue weighted by atomic mass is 9.91. The molecular formula is C26H30F2N2O3. The van der Waals surface area contributed by atoms with Crippen LogP contribution in [0.25, 0.3) is 10.9 Å². The molecule has 7 heteroatoms. The number of carbonyl (C=O) groups is 1. The number of ether oxygens (including phenoxy) is 1. The van der Waals surface area contributed by atoms with Crippen LogP contribution < -0.4 is 0 Å². The summed E-state index contributed by atoms with van der Waals surface area (Å²) in [4.78, 5) is 14.9. The summed E-state index contributed by atoms with van der Waals surface area (Å²) in [6.07, 6.45) is -1.01. The summed E-state index contributed by atoms with van der Waals surface area (Å²) in [5.41, 5.74) is 4.70. The Balaban J connectivity index is 1.79. The van der Waals surface area contributed by atoms with Crippen molar-refractivity contribution in [2.75, 3.05) is 26.3 Å². The molecule has 1 atom stereocenters. The largest absolute Gasteiger partial charge is 0.382 e. The van der Waals surface area contributed by atoms with Gasteiger partial charge in [-0.15, -0.1) is 0 Å². The van der Waals surface area contributed by atoms with Crippen molar-refractivity contribution in [3.63, 3.8) is 0 Å². The van der Waals surface area contributed by atoms with Crippen molar-refractivity contribution < 1.29 is 23.4 Å². The number of morpholine rings is 1. The van der Waals surface area contributed by atoms with E-state index in [2.05, 4.69) is 0 Å². The molecule has 1 N–H and O–H groups in total. The van der Waals surface area contributed by atoms with Crippen molar-refractivity contribution in [1.29, 1.82) is 0 Å². The zero-order chi connectivity index (χ0) is 24.1. The number of aromatic nitrogens is 1. The highest BCUT2D eigenvalue weighted by Crippen LogP contribution is 2.36. The number of carbonyl (C=O) groups excluding carboxylic acids is 1. The van der Waals surface area contributed by atoms with E-state index in [1.54, 1.807) is 29.5 Å². The number of fused-ring (bicyclic) bond motifs is 1. The Bertz CT molecular complexity index is 1220. The van der Waals surface area contributed by atoms with Gasteiger partial charge in [-0.1, -0.05) is 6.07 Å². The van der Waals surface area contributed by atoms with Gasteiger partial charge in [0.25, 0.3) is 11.8 Å². The van der Waals surface area contributed by atoms with E-state index in [9.17, 15) is 18.7 Å². The Morgan fingerprint density at radius 1 is 1.09 bits per heavy atom. The molecule has 1 aliphatic heterocycles. The number of benzene rings is 2. The molecular weight excluding hydrogens is 426 g/mol. The first kappa shape index (κ1) is 23.4. The maximum absolute atomic E-state index is 14.0. The molecule has 2 heterocycles. The van der Waals surface area contributed by atoms with Gasteiger partial charge in [0, 0.05) is 49.1 Å². The quantitative estimate of drug-likeness (QED) is 0.615. The predicted molar refractivity (Wildman–Crippen MR) is 124 cm³/mol. The molecule has 1 amide bonds.